The van der Waals surface area contributed by atoms with Gasteiger partial charge in [-0.3, -0.25) is 0 Å². The maximum Gasteiger partial charge on any atom is 0.128 e. The van der Waals surface area contributed by atoms with Crippen molar-refractivity contribution in [2.24, 2.45) is 0 Å². The van der Waals surface area contributed by atoms with E-state index >= 15 is 0 Å². The van der Waals surface area contributed by atoms with Gasteiger partial charge in [0.1, 0.15) is 15.7 Å². The molecule has 1 aromatic heterocycles. The Morgan fingerprint density at radius 2 is 2.06 bits per heavy atom. The molecule has 2 N–H and O–H groups in total. The third kappa shape index (κ3) is 4.19. The van der Waals surface area contributed by atoms with E-state index in [-0.39, 0.29) is 5.54 Å². The average molecular weight is 285 g/mol. The zero-order valence-electron chi connectivity index (χ0n) is 11.3. The van der Waals surface area contributed by atoms with Crippen LogP contribution in [0.4, 0.5) is 0 Å². The van der Waals surface area contributed by atoms with Crippen LogP contribution in [0.1, 0.15) is 45.1 Å². The van der Waals surface area contributed by atoms with E-state index in [0.717, 1.165) is 5.03 Å². The molecular weight excluding hydrogens is 266 g/mol. The van der Waals surface area contributed by atoms with Crippen molar-refractivity contribution in [3.8, 4) is 0 Å². The molecule has 0 bridgehead atoms. The molecular formula is C12H19N3OS2. The summed E-state index contributed by atoms with van der Waals surface area (Å²) in [5.41, 5.74) is 1.11. The monoisotopic (exact) mass is 285 g/mol. The lowest BCUT2D eigenvalue weighted by atomic mass is 10.1. The normalized spacial score (nSPS) is 13.2. The number of hydrogen-bond donors (Lipinski definition) is 2. The third-order valence-corrected chi connectivity index (χ3v) is 3.08. The predicted octanol–water partition coefficient (Wildman–Crippen LogP) is 2.32. The van der Waals surface area contributed by atoms with Crippen LogP contribution in [0.3, 0.4) is 0 Å². The lowest BCUT2D eigenvalue weighted by Crippen LogP contribution is -2.41. The van der Waals surface area contributed by atoms with E-state index in [0.29, 0.717) is 16.2 Å². The van der Waals surface area contributed by atoms with E-state index < -0.39 is 6.10 Å². The van der Waals surface area contributed by atoms with Crippen LogP contribution in [0.5, 0.6) is 0 Å². The molecule has 100 valence electrons. The molecule has 0 aliphatic rings. The Morgan fingerprint density at radius 3 is 2.50 bits per heavy atom. The molecule has 1 unspecified atom stereocenters. The van der Waals surface area contributed by atoms with Gasteiger partial charge in [-0.25, -0.2) is 0 Å². The van der Waals surface area contributed by atoms with E-state index in [1.165, 1.54) is 11.8 Å². The highest BCUT2D eigenvalue weighted by Crippen LogP contribution is 2.21. The van der Waals surface area contributed by atoms with Gasteiger partial charge in [-0.05, 0) is 40.0 Å². The quantitative estimate of drug-likeness (QED) is 0.656. The molecule has 0 aliphatic carbocycles. The van der Waals surface area contributed by atoms with Crippen molar-refractivity contribution in [2.75, 3.05) is 6.26 Å². The minimum Gasteiger partial charge on any atom is -0.389 e. The molecule has 0 amide bonds. The van der Waals surface area contributed by atoms with Crippen LogP contribution in [0, 0.1) is 0 Å². The summed E-state index contributed by atoms with van der Waals surface area (Å²) in [4.78, 5) is 0.513. The van der Waals surface area contributed by atoms with Gasteiger partial charge in [-0.1, -0.05) is 12.2 Å². The van der Waals surface area contributed by atoms with Crippen molar-refractivity contribution in [2.45, 2.75) is 44.4 Å². The Kier molecular flexibility index (Phi) is 5.07. The van der Waals surface area contributed by atoms with E-state index in [9.17, 15) is 5.11 Å². The molecule has 0 fully saturated rings. The van der Waals surface area contributed by atoms with Gasteiger partial charge in [0.2, 0.25) is 0 Å². The smallest absolute Gasteiger partial charge is 0.128 e. The summed E-state index contributed by atoms with van der Waals surface area (Å²) in [6.07, 6.45) is 1.29. The molecule has 1 heterocycles. The first-order valence-electron chi connectivity index (χ1n) is 5.67. The molecule has 1 rings (SSSR count). The molecule has 6 heteroatoms. The number of aromatic nitrogens is 2. The minimum atomic E-state index is -0.624. The van der Waals surface area contributed by atoms with Crippen molar-refractivity contribution in [3.63, 3.8) is 0 Å². The molecule has 18 heavy (non-hydrogen) atoms. The number of aliphatic hydroxyl groups excluding tert-OH is 1. The van der Waals surface area contributed by atoms with Crippen molar-refractivity contribution in [1.29, 1.82) is 0 Å². The Labute approximate surface area is 118 Å². The first-order chi connectivity index (χ1) is 8.24. The molecule has 4 nitrogen and oxygen atoms in total. The predicted molar refractivity (Wildman–Crippen MR) is 79.0 cm³/mol. The topological polar surface area (TPSA) is 58.0 Å². The molecule has 0 saturated heterocycles. The van der Waals surface area contributed by atoms with Crippen LogP contribution in [0.2, 0.25) is 0 Å². The highest BCUT2D eigenvalue weighted by Gasteiger charge is 2.19. The fourth-order valence-corrected chi connectivity index (χ4v) is 2.21. The summed E-state index contributed by atoms with van der Waals surface area (Å²) in [7, 11) is 0. The number of thioether (sulfide) groups is 1. The molecule has 0 saturated carbocycles. The first-order valence-corrected chi connectivity index (χ1v) is 7.30. The molecule has 1 aromatic rings. The molecule has 0 spiro atoms. The molecule has 0 aliphatic heterocycles. The second-order valence-corrected chi connectivity index (χ2v) is 6.31. The van der Waals surface area contributed by atoms with Crippen LogP contribution in [-0.2, 0) is 0 Å². The van der Waals surface area contributed by atoms with Gasteiger partial charge < -0.3 is 10.4 Å². The van der Waals surface area contributed by atoms with Gasteiger partial charge in [0.05, 0.1) is 6.10 Å². The van der Waals surface area contributed by atoms with E-state index in [1.54, 1.807) is 6.92 Å². The standard InChI is InChI=1S/C12H19N3OS2/c1-7(16)8-6-9(18-5)14-15-10(8)11(17)13-12(2,3)4/h6-7,16H,1-5H3,(H,13,17). The van der Waals surface area contributed by atoms with E-state index in [2.05, 4.69) is 15.5 Å². The van der Waals surface area contributed by atoms with E-state index in [1.807, 2.05) is 33.1 Å². The zero-order chi connectivity index (χ0) is 13.9. The van der Waals surface area contributed by atoms with Crippen LogP contribution in [0.15, 0.2) is 11.1 Å². The lowest BCUT2D eigenvalue weighted by Gasteiger charge is -2.23. The number of nitrogens with one attached hydrogen (secondary N) is 1. The van der Waals surface area contributed by atoms with Gasteiger partial charge in [0, 0.05) is 11.1 Å². The molecule has 0 radical (unpaired) electrons. The number of aliphatic hydroxyl groups is 1. The highest BCUT2D eigenvalue weighted by atomic mass is 32.2. The molecule has 0 aromatic carbocycles. The van der Waals surface area contributed by atoms with Crippen LogP contribution in [0.25, 0.3) is 0 Å². The lowest BCUT2D eigenvalue weighted by molar-refractivity contribution is 0.198. The van der Waals surface area contributed by atoms with Crippen molar-refractivity contribution in [3.05, 3.63) is 17.3 Å². The summed E-state index contributed by atoms with van der Waals surface area (Å²) in [6, 6.07) is 1.83. The maximum absolute atomic E-state index is 9.81. The summed E-state index contributed by atoms with van der Waals surface area (Å²) in [5, 5.41) is 21.9. The zero-order valence-corrected chi connectivity index (χ0v) is 12.9. The van der Waals surface area contributed by atoms with Crippen LogP contribution < -0.4 is 5.32 Å². The number of thiocarbonyl (C=S) groups is 1. The van der Waals surface area contributed by atoms with E-state index in [4.69, 9.17) is 12.2 Å². The Bertz CT molecular complexity index is 441. The van der Waals surface area contributed by atoms with Gasteiger partial charge >= 0.3 is 0 Å². The molecule has 1 atom stereocenters. The Balaban J connectivity index is 3.12. The number of nitrogens with zero attached hydrogens (tertiary/aromatic N) is 2. The number of hydrogen-bond acceptors (Lipinski definition) is 5. The largest absolute Gasteiger partial charge is 0.389 e. The van der Waals surface area contributed by atoms with Gasteiger partial charge in [-0.15, -0.1) is 22.0 Å². The summed E-state index contributed by atoms with van der Waals surface area (Å²) in [6.45, 7) is 7.76. The highest BCUT2D eigenvalue weighted by molar-refractivity contribution is 7.98. The first kappa shape index (κ1) is 15.3. The Morgan fingerprint density at radius 1 is 1.44 bits per heavy atom. The fourth-order valence-electron chi connectivity index (χ4n) is 1.38. The number of rotatable bonds is 3. The second-order valence-electron chi connectivity index (χ2n) is 5.07. The van der Waals surface area contributed by atoms with Crippen LogP contribution in [-0.4, -0.2) is 32.1 Å². The SMILES string of the molecule is CSc1cc(C(C)O)c(C(=S)NC(C)(C)C)nn1. The average Bonchev–Trinajstić information content (AvgIpc) is 2.25. The fraction of sp³-hybridized carbons (Fsp3) is 0.583. The summed E-state index contributed by atoms with van der Waals surface area (Å²) in [5.74, 6) is 0. The van der Waals surface area contributed by atoms with Gasteiger partial charge in [-0.2, -0.15) is 0 Å². The van der Waals surface area contributed by atoms with Crippen molar-refractivity contribution < 1.29 is 5.11 Å². The maximum atomic E-state index is 9.81. The van der Waals surface area contributed by atoms with Crippen molar-refractivity contribution >= 4 is 29.0 Å². The summed E-state index contributed by atoms with van der Waals surface area (Å²) < 4.78 is 0. The van der Waals surface area contributed by atoms with Crippen LogP contribution >= 0.6 is 24.0 Å². The van der Waals surface area contributed by atoms with Gasteiger partial charge in [0.15, 0.2) is 0 Å². The third-order valence-electron chi connectivity index (χ3n) is 2.16. The van der Waals surface area contributed by atoms with Gasteiger partial charge in [0.25, 0.3) is 0 Å². The second kappa shape index (κ2) is 5.95. The summed E-state index contributed by atoms with van der Waals surface area (Å²) >= 11 is 6.81. The Hall–Kier alpha value is -0.720. The minimum absolute atomic E-state index is 0.146. The van der Waals surface area contributed by atoms with Crippen molar-refractivity contribution in [1.82, 2.24) is 15.5 Å².